The summed E-state index contributed by atoms with van der Waals surface area (Å²) in [5, 5.41) is 68.2. The molecule has 1 fully saturated rings. The minimum atomic E-state index is -1.84. The maximum absolute atomic E-state index is 12.3. The predicted molar refractivity (Wildman–Crippen MR) is 146 cm³/mol. The maximum Gasteiger partial charge on any atom is 0.333 e. The zero-order chi connectivity index (χ0) is 31.7. The number of aliphatic hydroxyl groups excluding tert-OH is 3. The molecule has 5 atom stereocenters. The average Bonchev–Trinajstić information content (AvgIpc) is 2.97. The van der Waals surface area contributed by atoms with E-state index in [4.69, 9.17) is 18.9 Å². The number of aliphatic hydroxyl groups is 3. The highest BCUT2D eigenvalue weighted by atomic mass is 16.7. The summed E-state index contributed by atoms with van der Waals surface area (Å²) in [6.07, 6.45) is -4.06. The standard InChI is InChI=1S/C29H30O14/c1-15(10-11-40-23(34)8-4-16-2-6-18(30)20(32)12-16)28(39)41-14-22-25(36)26(37)27(38)29(42-22)43-24(35)9-5-17-3-7-19(31)21(33)13-17/h2-9,12-13,22,25-27,29-33,36-38H,1,10-11,14H2/b8-4+,9-5+/t22-,25-,26+,27-,29+/m1/s1. The zero-order valence-electron chi connectivity index (χ0n) is 22.5. The van der Waals surface area contributed by atoms with Gasteiger partial charge in [0, 0.05) is 24.1 Å². The van der Waals surface area contributed by atoms with Crippen LogP contribution in [-0.2, 0) is 33.3 Å². The Kier molecular flexibility index (Phi) is 11.3. The van der Waals surface area contributed by atoms with Gasteiger partial charge in [0.25, 0.3) is 0 Å². The lowest BCUT2D eigenvalue weighted by Gasteiger charge is -2.39. The van der Waals surface area contributed by atoms with Crippen LogP contribution in [0.15, 0.2) is 60.7 Å². The lowest BCUT2D eigenvalue weighted by Crippen LogP contribution is -2.59. The van der Waals surface area contributed by atoms with Crippen LogP contribution in [0.5, 0.6) is 23.0 Å². The van der Waals surface area contributed by atoms with Crippen LogP contribution >= 0.6 is 0 Å². The highest BCUT2D eigenvalue weighted by molar-refractivity contribution is 5.89. The molecule has 230 valence electrons. The van der Waals surface area contributed by atoms with Gasteiger partial charge >= 0.3 is 17.9 Å². The van der Waals surface area contributed by atoms with Crippen LogP contribution in [0.2, 0.25) is 0 Å². The Morgan fingerprint density at radius 1 is 0.767 bits per heavy atom. The van der Waals surface area contributed by atoms with Crippen molar-refractivity contribution in [1.82, 2.24) is 0 Å². The van der Waals surface area contributed by atoms with Crippen molar-refractivity contribution in [2.75, 3.05) is 13.2 Å². The molecular weight excluding hydrogens is 572 g/mol. The highest BCUT2D eigenvalue weighted by Gasteiger charge is 2.46. The second-order valence-electron chi connectivity index (χ2n) is 9.23. The molecule has 1 saturated heterocycles. The minimum absolute atomic E-state index is 0.0977. The number of aromatic hydroxyl groups is 4. The van der Waals surface area contributed by atoms with Gasteiger partial charge in [0.2, 0.25) is 6.29 Å². The molecule has 0 aromatic heterocycles. The molecule has 1 aliphatic rings. The molecule has 7 N–H and O–H groups in total. The molecule has 3 rings (SSSR count). The molecule has 0 bridgehead atoms. The lowest BCUT2D eigenvalue weighted by molar-refractivity contribution is -0.291. The first-order valence-corrected chi connectivity index (χ1v) is 12.7. The third kappa shape index (κ3) is 9.31. The first kappa shape index (κ1) is 32.6. The molecule has 0 saturated carbocycles. The van der Waals surface area contributed by atoms with Crippen LogP contribution in [0.1, 0.15) is 17.5 Å². The lowest BCUT2D eigenvalue weighted by atomic mass is 9.99. The van der Waals surface area contributed by atoms with Crippen molar-refractivity contribution in [2.24, 2.45) is 0 Å². The zero-order valence-corrected chi connectivity index (χ0v) is 22.5. The summed E-state index contributed by atoms with van der Waals surface area (Å²) in [5.74, 6) is -4.15. The molecule has 14 nitrogen and oxygen atoms in total. The summed E-state index contributed by atoms with van der Waals surface area (Å²) >= 11 is 0. The molecule has 2 aromatic rings. The van der Waals surface area contributed by atoms with Crippen molar-refractivity contribution < 1.29 is 69.1 Å². The van der Waals surface area contributed by atoms with E-state index >= 15 is 0 Å². The Hall–Kier alpha value is -4.89. The molecule has 0 aliphatic carbocycles. The van der Waals surface area contributed by atoms with Gasteiger partial charge in [-0.15, -0.1) is 0 Å². The molecule has 1 heterocycles. The van der Waals surface area contributed by atoms with Crippen LogP contribution in [0.4, 0.5) is 0 Å². The molecule has 0 amide bonds. The Bertz CT molecular complexity index is 1400. The Morgan fingerprint density at radius 2 is 1.33 bits per heavy atom. The summed E-state index contributed by atoms with van der Waals surface area (Å²) in [6, 6.07) is 7.72. The van der Waals surface area contributed by atoms with Gasteiger partial charge in [-0.1, -0.05) is 18.7 Å². The molecule has 0 spiro atoms. The summed E-state index contributed by atoms with van der Waals surface area (Å²) in [7, 11) is 0. The monoisotopic (exact) mass is 602 g/mol. The van der Waals surface area contributed by atoms with Gasteiger partial charge in [-0.05, 0) is 47.5 Å². The number of phenols is 4. The van der Waals surface area contributed by atoms with Crippen LogP contribution in [0, 0.1) is 0 Å². The van der Waals surface area contributed by atoms with Crippen molar-refractivity contribution in [2.45, 2.75) is 37.1 Å². The van der Waals surface area contributed by atoms with E-state index in [-0.39, 0.29) is 35.8 Å². The van der Waals surface area contributed by atoms with Crippen LogP contribution in [0.3, 0.4) is 0 Å². The van der Waals surface area contributed by atoms with E-state index in [0.29, 0.717) is 11.1 Å². The van der Waals surface area contributed by atoms with Gasteiger partial charge in [0.1, 0.15) is 31.0 Å². The summed E-state index contributed by atoms with van der Waals surface area (Å²) in [6.45, 7) is 2.69. The molecule has 2 aromatic carbocycles. The van der Waals surface area contributed by atoms with Gasteiger partial charge in [-0.25, -0.2) is 14.4 Å². The van der Waals surface area contributed by atoms with Gasteiger partial charge in [0.05, 0.1) is 6.61 Å². The second-order valence-corrected chi connectivity index (χ2v) is 9.23. The van der Waals surface area contributed by atoms with E-state index in [1.54, 1.807) is 0 Å². The highest BCUT2D eigenvalue weighted by Crippen LogP contribution is 2.27. The summed E-state index contributed by atoms with van der Waals surface area (Å²) in [5.41, 5.74) is 0.660. The molecular formula is C29H30O14. The first-order valence-electron chi connectivity index (χ1n) is 12.7. The van der Waals surface area contributed by atoms with E-state index in [2.05, 4.69) is 6.58 Å². The van der Waals surface area contributed by atoms with Gasteiger partial charge in [-0.3, -0.25) is 0 Å². The third-order valence-corrected chi connectivity index (χ3v) is 6.04. The van der Waals surface area contributed by atoms with Crippen molar-refractivity contribution in [3.63, 3.8) is 0 Å². The summed E-state index contributed by atoms with van der Waals surface area (Å²) < 4.78 is 20.4. The van der Waals surface area contributed by atoms with E-state index in [1.807, 2.05) is 0 Å². The molecule has 0 unspecified atom stereocenters. The molecule has 43 heavy (non-hydrogen) atoms. The molecule has 1 aliphatic heterocycles. The van der Waals surface area contributed by atoms with Crippen molar-refractivity contribution in [1.29, 1.82) is 0 Å². The fourth-order valence-corrected chi connectivity index (χ4v) is 3.61. The normalized spacial score (nSPS) is 21.9. The van der Waals surface area contributed by atoms with Gasteiger partial charge in [-0.2, -0.15) is 0 Å². The largest absolute Gasteiger partial charge is 0.504 e. The summed E-state index contributed by atoms with van der Waals surface area (Å²) in [4.78, 5) is 36.4. The number of phenolic OH excluding ortho intramolecular Hbond substituents is 4. The number of hydrogen-bond donors (Lipinski definition) is 7. The molecule has 0 radical (unpaired) electrons. The van der Waals surface area contributed by atoms with E-state index in [9.17, 15) is 50.1 Å². The minimum Gasteiger partial charge on any atom is -0.504 e. The quantitative estimate of drug-likeness (QED) is 0.0809. The average molecular weight is 603 g/mol. The van der Waals surface area contributed by atoms with Crippen LogP contribution in [0.25, 0.3) is 12.2 Å². The molecule has 14 heteroatoms. The van der Waals surface area contributed by atoms with Crippen molar-refractivity contribution in [3.05, 3.63) is 71.8 Å². The third-order valence-electron chi connectivity index (χ3n) is 6.04. The van der Waals surface area contributed by atoms with E-state index in [1.165, 1.54) is 48.6 Å². The van der Waals surface area contributed by atoms with Crippen molar-refractivity contribution in [3.8, 4) is 23.0 Å². The Labute approximate surface area is 244 Å². The number of carbonyl (C=O) groups is 3. The Morgan fingerprint density at radius 3 is 1.88 bits per heavy atom. The number of hydrogen-bond acceptors (Lipinski definition) is 14. The number of rotatable bonds is 11. The fourth-order valence-electron chi connectivity index (χ4n) is 3.61. The van der Waals surface area contributed by atoms with E-state index < -0.39 is 61.0 Å². The predicted octanol–water partition coefficient (Wildman–Crippen LogP) is 0.619. The van der Waals surface area contributed by atoms with Gasteiger partial charge < -0.3 is 54.7 Å². The van der Waals surface area contributed by atoms with Crippen molar-refractivity contribution >= 4 is 30.1 Å². The van der Waals surface area contributed by atoms with Gasteiger partial charge in [0.15, 0.2) is 23.0 Å². The maximum atomic E-state index is 12.3. The van der Waals surface area contributed by atoms with Crippen LogP contribution < -0.4 is 0 Å². The SMILES string of the molecule is C=C(CCOC(=O)/C=C/c1ccc(O)c(O)c1)C(=O)OC[C@H]1O[C@@H](OC(=O)/C=C/c2ccc(O)c(O)c2)[C@H](O)[C@@H](O)[C@@H]1O. The van der Waals surface area contributed by atoms with Crippen LogP contribution in [-0.4, -0.2) is 97.6 Å². The number of benzene rings is 2. The Balaban J connectivity index is 1.45. The number of esters is 3. The number of carbonyl (C=O) groups excluding carboxylic acids is 3. The number of ether oxygens (including phenoxy) is 4. The fraction of sp³-hybridized carbons (Fsp3) is 0.276. The smallest absolute Gasteiger partial charge is 0.333 e. The van der Waals surface area contributed by atoms with E-state index in [0.717, 1.165) is 12.2 Å². The topological polar surface area (TPSA) is 230 Å². The second kappa shape index (κ2) is 14.8. The first-order chi connectivity index (χ1) is 20.3.